The maximum absolute atomic E-state index is 13.8. The van der Waals surface area contributed by atoms with Gasteiger partial charge >= 0.3 is 0 Å². The number of rotatable bonds is 6. The van der Waals surface area contributed by atoms with Crippen molar-refractivity contribution >= 4 is 17.4 Å². The molecule has 3 aromatic rings. The number of carbonyl (C=O) groups is 1. The van der Waals surface area contributed by atoms with Gasteiger partial charge in [-0.2, -0.15) is 0 Å². The lowest BCUT2D eigenvalue weighted by atomic mass is 10.2. The average molecular weight is 382 g/mol. The second-order valence-electron chi connectivity index (χ2n) is 6.24. The first-order valence-electron chi connectivity index (χ1n) is 8.87. The number of carbonyl (C=O) groups excluding carboxylic acids is 1. The van der Waals surface area contributed by atoms with Gasteiger partial charge in [0.15, 0.2) is 0 Å². The molecule has 7 heteroatoms. The molecule has 0 saturated carbocycles. The molecule has 1 heterocycles. The quantitative estimate of drug-likeness (QED) is 0.689. The van der Waals surface area contributed by atoms with Crippen LogP contribution in [0.25, 0.3) is 0 Å². The molecule has 1 aromatic heterocycles. The Kier molecular flexibility index (Phi) is 5.93. The third kappa shape index (κ3) is 4.68. The first kappa shape index (κ1) is 19.4. The van der Waals surface area contributed by atoms with Crippen molar-refractivity contribution in [1.29, 1.82) is 0 Å². The maximum Gasteiger partial charge on any atom is 0.274 e. The van der Waals surface area contributed by atoms with Gasteiger partial charge in [-0.1, -0.05) is 30.3 Å². The smallest absolute Gasteiger partial charge is 0.274 e. The minimum Gasteiger partial charge on any atom is -0.352 e. The Morgan fingerprint density at radius 3 is 2.50 bits per heavy atom. The van der Waals surface area contributed by atoms with Gasteiger partial charge < -0.3 is 10.2 Å². The molecule has 144 valence electrons. The molecule has 0 aliphatic heterocycles. The summed E-state index contributed by atoms with van der Waals surface area (Å²) in [5.74, 6) is -1.13. The average Bonchev–Trinajstić information content (AvgIpc) is 2.68. The Balaban J connectivity index is 1.84. The van der Waals surface area contributed by atoms with Gasteiger partial charge in [0.25, 0.3) is 5.91 Å². The van der Waals surface area contributed by atoms with Crippen molar-refractivity contribution in [1.82, 2.24) is 9.97 Å². The Bertz CT molecular complexity index is 979. The van der Waals surface area contributed by atoms with E-state index in [2.05, 4.69) is 15.3 Å². The Labute approximate surface area is 162 Å². The number of benzene rings is 2. The highest BCUT2D eigenvalue weighted by molar-refractivity contribution is 6.03. The van der Waals surface area contributed by atoms with Crippen LogP contribution in [0.4, 0.5) is 20.3 Å². The molecule has 2 aromatic carbocycles. The van der Waals surface area contributed by atoms with Crippen molar-refractivity contribution in [2.45, 2.75) is 20.4 Å². The van der Waals surface area contributed by atoms with E-state index in [9.17, 15) is 13.6 Å². The Morgan fingerprint density at radius 1 is 1.07 bits per heavy atom. The molecule has 1 N–H and O–H groups in total. The summed E-state index contributed by atoms with van der Waals surface area (Å²) in [6, 6.07) is 14.4. The molecule has 5 nitrogen and oxygen atoms in total. The van der Waals surface area contributed by atoms with Crippen molar-refractivity contribution in [3.63, 3.8) is 0 Å². The zero-order valence-corrected chi connectivity index (χ0v) is 15.6. The standard InChI is InChI=1S/C21H20F2N4O/c1-3-27(13-15-7-5-4-6-8-15)20-12-19(24-14(2)25-20)21(28)26-18-10-9-16(22)11-17(18)23/h4-12H,3,13H2,1-2H3,(H,26,28). The zero-order valence-electron chi connectivity index (χ0n) is 15.6. The molecule has 0 aliphatic carbocycles. The van der Waals surface area contributed by atoms with Crippen molar-refractivity contribution in [2.24, 2.45) is 0 Å². The largest absolute Gasteiger partial charge is 0.352 e. The number of amides is 1. The summed E-state index contributed by atoms with van der Waals surface area (Å²) in [6.45, 7) is 4.99. The van der Waals surface area contributed by atoms with Crippen LogP contribution in [0.1, 0.15) is 28.8 Å². The van der Waals surface area contributed by atoms with Crippen LogP contribution in [0.15, 0.2) is 54.6 Å². The summed E-state index contributed by atoms with van der Waals surface area (Å²) in [5.41, 5.74) is 1.11. The zero-order chi connectivity index (χ0) is 20.1. The van der Waals surface area contributed by atoms with E-state index in [-0.39, 0.29) is 11.4 Å². The molecule has 0 atom stereocenters. The predicted octanol–water partition coefficient (Wildman–Crippen LogP) is 4.34. The van der Waals surface area contributed by atoms with E-state index in [1.165, 1.54) is 6.07 Å². The third-order valence-corrected chi connectivity index (χ3v) is 4.16. The maximum atomic E-state index is 13.8. The van der Waals surface area contributed by atoms with E-state index in [0.29, 0.717) is 30.8 Å². The normalized spacial score (nSPS) is 10.6. The van der Waals surface area contributed by atoms with Gasteiger partial charge in [-0.15, -0.1) is 0 Å². The van der Waals surface area contributed by atoms with E-state index >= 15 is 0 Å². The van der Waals surface area contributed by atoms with Crippen molar-refractivity contribution < 1.29 is 13.6 Å². The van der Waals surface area contributed by atoms with Crippen LogP contribution in [0.5, 0.6) is 0 Å². The third-order valence-electron chi connectivity index (χ3n) is 4.16. The van der Waals surface area contributed by atoms with Gasteiger partial charge in [-0.05, 0) is 31.5 Å². The Morgan fingerprint density at radius 2 is 1.82 bits per heavy atom. The van der Waals surface area contributed by atoms with E-state index in [0.717, 1.165) is 11.6 Å². The lowest BCUT2D eigenvalue weighted by molar-refractivity contribution is 0.102. The highest BCUT2D eigenvalue weighted by Crippen LogP contribution is 2.19. The molecule has 0 fully saturated rings. The van der Waals surface area contributed by atoms with E-state index in [1.807, 2.05) is 42.2 Å². The molecule has 0 spiro atoms. The fraction of sp³-hybridized carbons (Fsp3) is 0.190. The van der Waals surface area contributed by atoms with Crippen LogP contribution < -0.4 is 10.2 Å². The Hall–Kier alpha value is -3.35. The molecule has 0 saturated heterocycles. The predicted molar refractivity (Wildman–Crippen MR) is 104 cm³/mol. The van der Waals surface area contributed by atoms with Crippen LogP contribution in [0.2, 0.25) is 0 Å². The summed E-state index contributed by atoms with van der Waals surface area (Å²) in [7, 11) is 0. The van der Waals surface area contributed by atoms with Crippen LogP contribution in [-0.2, 0) is 6.54 Å². The van der Waals surface area contributed by atoms with E-state index in [1.54, 1.807) is 13.0 Å². The molecule has 0 unspecified atom stereocenters. The van der Waals surface area contributed by atoms with Crippen molar-refractivity contribution in [2.75, 3.05) is 16.8 Å². The summed E-state index contributed by atoms with van der Waals surface area (Å²) in [6.07, 6.45) is 0. The van der Waals surface area contributed by atoms with Gasteiger partial charge in [0.05, 0.1) is 5.69 Å². The van der Waals surface area contributed by atoms with Crippen molar-refractivity contribution in [3.05, 3.63) is 83.3 Å². The molecule has 0 bridgehead atoms. The monoisotopic (exact) mass is 382 g/mol. The molecule has 0 radical (unpaired) electrons. The van der Waals surface area contributed by atoms with Gasteiger partial charge in [0.1, 0.15) is 29.0 Å². The summed E-state index contributed by atoms with van der Waals surface area (Å²) in [5, 5.41) is 2.43. The number of anilines is 2. The number of nitrogens with zero attached hydrogens (tertiary/aromatic N) is 3. The van der Waals surface area contributed by atoms with Gasteiger partial charge in [-0.25, -0.2) is 18.7 Å². The topological polar surface area (TPSA) is 58.1 Å². The SMILES string of the molecule is CCN(Cc1ccccc1)c1cc(C(=O)Nc2ccc(F)cc2F)nc(C)n1. The first-order chi connectivity index (χ1) is 13.5. The molecular weight excluding hydrogens is 362 g/mol. The van der Waals surface area contributed by atoms with E-state index < -0.39 is 17.5 Å². The lowest BCUT2D eigenvalue weighted by Crippen LogP contribution is -2.25. The number of nitrogens with one attached hydrogen (secondary N) is 1. The lowest BCUT2D eigenvalue weighted by Gasteiger charge is -2.22. The van der Waals surface area contributed by atoms with Crippen LogP contribution in [0.3, 0.4) is 0 Å². The molecular formula is C21H20F2N4O. The summed E-state index contributed by atoms with van der Waals surface area (Å²) < 4.78 is 26.9. The fourth-order valence-electron chi connectivity index (χ4n) is 2.77. The summed E-state index contributed by atoms with van der Waals surface area (Å²) in [4.78, 5) is 23.1. The fourth-order valence-corrected chi connectivity index (χ4v) is 2.77. The highest BCUT2D eigenvalue weighted by Gasteiger charge is 2.16. The van der Waals surface area contributed by atoms with Gasteiger partial charge in [-0.3, -0.25) is 4.79 Å². The van der Waals surface area contributed by atoms with Gasteiger partial charge in [0.2, 0.25) is 0 Å². The second-order valence-corrected chi connectivity index (χ2v) is 6.24. The molecule has 1 amide bonds. The minimum absolute atomic E-state index is 0.109. The summed E-state index contributed by atoms with van der Waals surface area (Å²) >= 11 is 0. The van der Waals surface area contributed by atoms with Crippen LogP contribution in [0, 0.1) is 18.6 Å². The van der Waals surface area contributed by atoms with Crippen LogP contribution >= 0.6 is 0 Å². The molecule has 3 rings (SSSR count). The van der Waals surface area contributed by atoms with Crippen molar-refractivity contribution in [3.8, 4) is 0 Å². The number of aromatic nitrogens is 2. The van der Waals surface area contributed by atoms with Gasteiger partial charge in [0, 0.05) is 25.2 Å². The second kappa shape index (κ2) is 8.56. The molecule has 0 aliphatic rings. The number of hydrogen-bond acceptors (Lipinski definition) is 4. The number of hydrogen-bond donors (Lipinski definition) is 1. The van der Waals surface area contributed by atoms with Crippen LogP contribution in [-0.4, -0.2) is 22.4 Å². The number of halogens is 2. The number of aryl methyl sites for hydroxylation is 1. The minimum atomic E-state index is -0.849. The highest BCUT2D eigenvalue weighted by atomic mass is 19.1. The first-order valence-corrected chi connectivity index (χ1v) is 8.87. The molecule has 28 heavy (non-hydrogen) atoms. The van der Waals surface area contributed by atoms with E-state index in [4.69, 9.17) is 0 Å².